The molecule has 2 aromatic heterocycles. The lowest BCUT2D eigenvalue weighted by Gasteiger charge is -2.37. The van der Waals surface area contributed by atoms with Crippen LogP contribution in [0.1, 0.15) is 18.4 Å². The minimum atomic E-state index is -3.21. The topological polar surface area (TPSA) is 106 Å². The van der Waals surface area contributed by atoms with Crippen LogP contribution in [-0.4, -0.2) is 65.6 Å². The van der Waals surface area contributed by atoms with Crippen molar-refractivity contribution in [3.05, 3.63) is 36.2 Å². The maximum atomic E-state index is 14.0. The van der Waals surface area contributed by atoms with Crippen LogP contribution in [-0.2, 0) is 16.1 Å². The molecular formula is C23H25F2N7O3. The fourth-order valence-electron chi connectivity index (χ4n) is 4.69. The number of pyridine rings is 1. The first-order valence-corrected chi connectivity index (χ1v) is 11.5. The Kier molecular flexibility index (Phi) is 5.22. The van der Waals surface area contributed by atoms with E-state index in [0.29, 0.717) is 40.6 Å². The number of ether oxygens (including phenoxy) is 2. The number of carbonyl (C=O) groups excluding carboxylic acids is 1. The summed E-state index contributed by atoms with van der Waals surface area (Å²) in [6.45, 7) is 0.0443. The number of anilines is 4. The largest absolute Gasteiger partial charge is 0.386 e. The molecule has 1 amide bonds. The van der Waals surface area contributed by atoms with Crippen molar-refractivity contribution in [3.8, 4) is 0 Å². The number of rotatable bonds is 2. The lowest BCUT2D eigenvalue weighted by atomic mass is 9.89. The molecule has 3 aromatic rings. The molecule has 2 aliphatic heterocycles. The predicted molar refractivity (Wildman–Crippen MR) is 125 cm³/mol. The number of alkyl halides is 2. The monoisotopic (exact) mass is 485 g/mol. The number of hydrogen-bond acceptors (Lipinski definition) is 8. The number of amides is 1. The highest BCUT2D eigenvalue weighted by atomic mass is 19.3. The molecule has 2 atom stereocenters. The quantitative estimate of drug-likeness (QED) is 0.508. The minimum absolute atomic E-state index is 0.0618. The number of fused-ring (bicyclic) bond motifs is 4. The first-order chi connectivity index (χ1) is 16.9. The number of morpholine rings is 1. The van der Waals surface area contributed by atoms with Gasteiger partial charge in [0.1, 0.15) is 24.2 Å². The van der Waals surface area contributed by atoms with Gasteiger partial charge < -0.3 is 30.3 Å². The zero-order chi connectivity index (χ0) is 24.2. The van der Waals surface area contributed by atoms with Crippen molar-refractivity contribution in [2.45, 2.75) is 37.7 Å². The van der Waals surface area contributed by atoms with Gasteiger partial charge in [-0.05, 0) is 36.6 Å². The van der Waals surface area contributed by atoms with E-state index in [1.807, 2.05) is 12.1 Å². The van der Waals surface area contributed by atoms with Crippen LogP contribution in [0.3, 0.4) is 0 Å². The van der Waals surface area contributed by atoms with E-state index in [1.54, 1.807) is 24.1 Å². The summed E-state index contributed by atoms with van der Waals surface area (Å²) in [6, 6.07) is 6.92. The van der Waals surface area contributed by atoms with Gasteiger partial charge in [-0.2, -0.15) is 8.78 Å². The maximum Gasteiger partial charge on any atom is 0.373 e. The van der Waals surface area contributed by atoms with Crippen molar-refractivity contribution < 1.29 is 23.0 Å². The summed E-state index contributed by atoms with van der Waals surface area (Å²) in [5.74, 6) is 0.478. The lowest BCUT2D eigenvalue weighted by Crippen LogP contribution is -2.52. The Bertz CT molecular complexity index is 1300. The first kappa shape index (κ1) is 22.0. The fourth-order valence-corrected chi connectivity index (χ4v) is 4.69. The van der Waals surface area contributed by atoms with Gasteiger partial charge in [-0.25, -0.2) is 19.3 Å². The van der Waals surface area contributed by atoms with Crippen molar-refractivity contribution in [1.82, 2.24) is 19.9 Å². The Morgan fingerprint density at radius 3 is 2.89 bits per heavy atom. The molecule has 10 nitrogen and oxygen atoms in total. The van der Waals surface area contributed by atoms with Gasteiger partial charge >= 0.3 is 12.1 Å². The molecule has 0 unspecified atom stereocenters. The van der Waals surface area contributed by atoms with Gasteiger partial charge in [0.2, 0.25) is 0 Å². The summed E-state index contributed by atoms with van der Waals surface area (Å²) in [5, 5.41) is 9.39. The zero-order valence-corrected chi connectivity index (χ0v) is 19.1. The first-order valence-electron chi connectivity index (χ1n) is 11.5. The van der Waals surface area contributed by atoms with Crippen LogP contribution in [0.5, 0.6) is 0 Å². The standard InChI is InChI=1S/C23H25F2N7O3/c1-26-17-9-19-28-14-6-13(7-15(8-14)31-4-5-35-23(24,25)11-31)10-34-18-3-2-16(18)29-22(33)32-12-27-20(17)21(32)30-19/h6-9,12,16,18H,2-5,10-11H2,1H3,(H,29,33)(H2,26,28,30)/t16-,18-/m1/s1. The van der Waals surface area contributed by atoms with Crippen LogP contribution in [0.2, 0.25) is 0 Å². The molecule has 1 saturated carbocycles. The predicted octanol–water partition coefficient (Wildman–Crippen LogP) is 3.26. The smallest absolute Gasteiger partial charge is 0.373 e. The molecule has 4 bridgehead atoms. The number of nitrogens with one attached hydrogen (secondary N) is 3. The highest BCUT2D eigenvalue weighted by molar-refractivity contribution is 5.94. The van der Waals surface area contributed by atoms with Crippen molar-refractivity contribution in [2.24, 2.45) is 0 Å². The molecule has 1 aliphatic carbocycles. The van der Waals surface area contributed by atoms with Crippen molar-refractivity contribution in [2.75, 3.05) is 42.3 Å². The van der Waals surface area contributed by atoms with Crippen LogP contribution in [0.15, 0.2) is 30.6 Å². The minimum Gasteiger partial charge on any atom is -0.386 e. The van der Waals surface area contributed by atoms with Crippen molar-refractivity contribution in [3.63, 3.8) is 0 Å². The van der Waals surface area contributed by atoms with E-state index in [1.165, 1.54) is 10.9 Å². The summed E-state index contributed by atoms with van der Waals surface area (Å²) >= 11 is 0. The van der Waals surface area contributed by atoms with Gasteiger partial charge in [0, 0.05) is 31.0 Å². The number of benzene rings is 1. The molecule has 0 spiro atoms. The Balaban J connectivity index is 1.44. The van der Waals surface area contributed by atoms with E-state index in [9.17, 15) is 13.6 Å². The lowest BCUT2D eigenvalue weighted by molar-refractivity contribution is -0.240. The molecule has 4 heterocycles. The third-order valence-electron chi connectivity index (χ3n) is 6.64. The second-order valence-corrected chi connectivity index (χ2v) is 9.00. The summed E-state index contributed by atoms with van der Waals surface area (Å²) in [6.07, 6.45) is -0.267. The SMILES string of the molecule is CNc1cc2nc3c1ncn3C(=O)N[C@@H]1CC[C@H]1OCc1cc(cc(N3CCOC(F)(F)C3)c1)N2. The van der Waals surface area contributed by atoms with Gasteiger partial charge in [0.05, 0.1) is 31.0 Å². The molecule has 3 aliphatic rings. The molecule has 35 heavy (non-hydrogen) atoms. The average molecular weight is 485 g/mol. The van der Waals surface area contributed by atoms with Crippen molar-refractivity contribution in [1.29, 1.82) is 0 Å². The second-order valence-electron chi connectivity index (χ2n) is 9.00. The van der Waals surface area contributed by atoms with Gasteiger partial charge in [-0.15, -0.1) is 0 Å². The Morgan fingerprint density at radius 1 is 1.23 bits per heavy atom. The highest BCUT2D eigenvalue weighted by Gasteiger charge is 2.37. The van der Waals surface area contributed by atoms with Crippen LogP contribution < -0.4 is 20.9 Å². The number of aromatic nitrogens is 3. The number of carbonyl (C=O) groups is 1. The van der Waals surface area contributed by atoms with Crippen LogP contribution in [0, 0.1) is 0 Å². The summed E-state index contributed by atoms with van der Waals surface area (Å²) in [5.41, 5.74) is 3.80. The van der Waals surface area contributed by atoms with Crippen LogP contribution >= 0.6 is 0 Å². The highest BCUT2D eigenvalue weighted by Crippen LogP contribution is 2.33. The van der Waals surface area contributed by atoms with E-state index >= 15 is 0 Å². The van der Waals surface area contributed by atoms with Gasteiger partial charge in [-0.3, -0.25) is 0 Å². The summed E-state index contributed by atoms with van der Waals surface area (Å²) < 4.78 is 40.0. The third-order valence-corrected chi connectivity index (χ3v) is 6.64. The van der Waals surface area contributed by atoms with Gasteiger partial charge in [0.25, 0.3) is 0 Å². The molecule has 1 saturated heterocycles. The number of imidazole rings is 1. The fraction of sp³-hybridized carbons (Fsp3) is 0.435. The second kappa shape index (κ2) is 8.31. The van der Waals surface area contributed by atoms with E-state index in [-0.39, 0.29) is 31.4 Å². The zero-order valence-electron chi connectivity index (χ0n) is 19.1. The van der Waals surface area contributed by atoms with Crippen LogP contribution in [0.25, 0.3) is 11.2 Å². The average Bonchev–Trinajstić information content (AvgIpc) is 3.24. The molecule has 12 heteroatoms. The summed E-state index contributed by atoms with van der Waals surface area (Å²) in [7, 11) is 1.77. The maximum absolute atomic E-state index is 14.0. The third kappa shape index (κ3) is 4.12. The molecule has 2 fully saturated rings. The van der Waals surface area contributed by atoms with Gasteiger partial charge in [0.15, 0.2) is 5.65 Å². The molecule has 184 valence electrons. The van der Waals surface area contributed by atoms with E-state index < -0.39 is 12.7 Å². The normalized spacial score (nSPS) is 23.6. The Labute approximate surface area is 199 Å². The van der Waals surface area contributed by atoms with Crippen molar-refractivity contribution >= 4 is 40.1 Å². The Morgan fingerprint density at radius 2 is 2.11 bits per heavy atom. The van der Waals surface area contributed by atoms with E-state index in [2.05, 4.69) is 30.7 Å². The molecule has 0 radical (unpaired) electrons. The van der Waals surface area contributed by atoms with E-state index in [0.717, 1.165) is 18.4 Å². The molecule has 6 rings (SSSR count). The molecule has 3 N–H and O–H groups in total. The number of hydrogen-bond donors (Lipinski definition) is 3. The van der Waals surface area contributed by atoms with E-state index in [4.69, 9.17) is 4.74 Å². The number of nitrogens with zero attached hydrogens (tertiary/aromatic N) is 4. The number of halogens is 2. The summed E-state index contributed by atoms with van der Waals surface area (Å²) in [4.78, 5) is 23.6. The molecule has 1 aromatic carbocycles. The van der Waals surface area contributed by atoms with Gasteiger partial charge in [-0.1, -0.05) is 0 Å². The molecular weight excluding hydrogens is 460 g/mol. The van der Waals surface area contributed by atoms with Crippen LogP contribution in [0.4, 0.5) is 36.5 Å². The Hall–Kier alpha value is -3.51.